The van der Waals surface area contributed by atoms with Gasteiger partial charge in [-0.2, -0.15) is 8.42 Å². The summed E-state index contributed by atoms with van der Waals surface area (Å²) in [4.78, 5) is 22.1. The third-order valence-electron chi connectivity index (χ3n) is 1.46. The van der Waals surface area contributed by atoms with Gasteiger partial charge in [0.05, 0.1) is 12.4 Å². The molecule has 2 amide bonds. The van der Waals surface area contributed by atoms with Crippen molar-refractivity contribution in [1.29, 1.82) is 0 Å². The van der Waals surface area contributed by atoms with Crippen LogP contribution in [-0.2, 0) is 19.6 Å². The van der Waals surface area contributed by atoms with Crippen LogP contribution in [0.15, 0.2) is 0 Å². The van der Waals surface area contributed by atoms with E-state index >= 15 is 0 Å². The van der Waals surface area contributed by atoms with E-state index in [1.54, 1.807) is 20.8 Å². The molecule has 0 heterocycles. The van der Waals surface area contributed by atoms with E-state index in [4.69, 9.17) is 20.1 Å². The summed E-state index contributed by atoms with van der Waals surface area (Å²) in [5, 5.41) is 11.3. The number of aliphatic hydroxyl groups excluding tert-OH is 1. The van der Waals surface area contributed by atoms with Gasteiger partial charge >= 0.3 is 6.09 Å². The van der Waals surface area contributed by atoms with Crippen LogP contribution in [0.25, 0.3) is 0 Å². The van der Waals surface area contributed by atoms with Crippen LogP contribution < -0.4 is 11.1 Å². The van der Waals surface area contributed by atoms with Gasteiger partial charge in [0.2, 0.25) is 5.91 Å². The van der Waals surface area contributed by atoms with Crippen molar-refractivity contribution in [3.8, 4) is 0 Å². The highest BCUT2D eigenvalue weighted by Gasteiger charge is 2.25. The molecule has 9 nitrogen and oxygen atoms in total. The van der Waals surface area contributed by atoms with Crippen molar-refractivity contribution in [1.82, 2.24) is 5.32 Å². The Bertz CT molecular complexity index is 417. The summed E-state index contributed by atoms with van der Waals surface area (Å²) in [6, 6.07) is -1.14. The first-order chi connectivity index (χ1) is 8.63. The molecular weight excluding hydrogens is 292 g/mol. The van der Waals surface area contributed by atoms with Crippen LogP contribution in [0, 0.1) is 0 Å². The molecule has 0 aliphatic carbocycles. The number of carbonyl (C=O) groups is 2. The molecule has 10 heteroatoms. The third-order valence-corrected chi connectivity index (χ3v) is 1.46. The van der Waals surface area contributed by atoms with Gasteiger partial charge in [0, 0.05) is 0 Å². The first kappa shape index (κ1) is 20.9. The van der Waals surface area contributed by atoms with E-state index in [-0.39, 0.29) is 0 Å². The summed E-state index contributed by atoms with van der Waals surface area (Å²) < 4.78 is 30.8. The van der Waals surface area contributed by atoms with E-state index in [1.807, 2.05) is 0 Å². The maximum atomic E-state index is 11.2. The monoisotopic (exact) mass is 314 g/mol. The van der Waals surface area contributed by atoms with Crippen molar-refractivity contribution in [2.45, 2.75) is 45.4 Å². The number of alkyl carbamates (subject to hydrolysis) is 1. The maximum Gasteiger partial charge on any atom is 0.408 e. The molecular formula is C10H22N2O7S. The number of hydrogen-bond acceptors (Lipinski definition) is 6. The normalized spacial score (nSPS) is 14.3. The molecule has 0 aromatic heterocycles. The topological polar surface area (TPSA) is 156 Å². The average molecular weight is 314 g/mol. The molecule has 0 aliphatic heterocycles. The number of amides is 2. The number of nitrogens with one attached hydrogen (secondary N) is 1. The van der Waals surface area contributed by atoms with Crippen molar-refractivity contribution in [2.24, 2.45) is 5.73 Å². The number of hydrogen-bond donors (Lipinski definition) is 4. The van der Waals surface area contributed by atoms with Crippen LogP contribution in [0.4, 0.5) is 4.79 Å². The number of ether oxygens (including phenoxy) is 1. The minimum absolute atomic E-state index is 0.662. The lowest BCUT2D eigenvalue weighted by Crippen LogP contribution is -2.51. The number of primary amides is 1. The molecule has 20 heavy (non-hydrogen) atoms. The number of carbonyl (C=O) groups excluding carboxylic acids is 2. The zero-order chi connectivity index (χ0) is 16.7. The second kappa shape index (κ2) is 8.02. The van der Waals surface area contributed by atoms with Gasteiger partial charge in [-0.05, 0) is 27.7 Å². The highest BCUT2D eigenvalue weighted by atomic mass is 32.2. The zero-order valence-corrected chi connectivity index (χ0v) is 12.9. The fourth-order valence-electron chi connectivity index (χ4n) is 0.864. The molecule has 0 bridgehead atoms. The first-order valence-electron chi connectivity index (χ1n) is 5.53. The second-order valence-electron chi connectivity index (χ2n) is 5.00. The van der Waals surface area contributed by atoms with Crippen LogP contribution in [0.2, 0.25) is 0 Å². The predicted octanol–water partition coefficient (Wildman–Crippen LogP) is -0.750. The summed E-state index contributed by atoms with van der Waals surface area (Å²) in [5.41, 5.74) is 4.32. The predicted molar refractivity (Wildman–Crippen MR) is 71.5 cm³/mol. The van der Waals surface area contributed by atoms with Gasteiger partial charge in [-0.1, -0.05) is 0 Å². The summed E-state index contributed by atoms with van der Waals surface area (Å²) >= 11 is 0. The molecule has 120 valence electrons. The fraction of sp³-hybridized carbons (Fsp3) is 0.800. The third kappa shape index (κ3) is 16.6. The van der Waals surface area contributed by atoms with Gasteiger partial charge < -0.3 is 20.9 Å². The van der Waals surface area contributed by atoms with Gasteiger partial charge in [0.1, 0.15) is 11.6 Å². The highest BCUT2D eigenvalue weighted by Crippen LogP contribution is 2.07. The molecule has 0 saturated carbocycles. The summed E-state index contributed by atoms with van der Waals surface area (Å²) in [5.74, 6) is -0.809. The zero-order valence-electron chi connectivity index (χ0n) is 12.1. The van der Waals surface area contributed by atoms with Gasteiger partial charge in [-0.3, -0.25) is 9.35 Å². The van der Waals surface area contributed by atoms with Crippen molar-refractivity contribution >= 4 is 22.1 Å². The van der Waals surface area contributed by atoms with Gasteiger partial charge in [0.25, 0.3) is 10.1 Å². The lowest BCUT2D eigenvalue weighted by Gasteiger charge is -2.23. The molecule has 0 unspecified atom stereocenters. The van der Waals surface area contributed by atoms with Gasteiger partial charge in [-0.25, -0.2) is 4.79 Å². The Hall–Kier alpha value is -1.39. The Kier molecular flexibility index (Phi) is 8.39. The molecule has 0 rings (SSSR count). The Morgan fingerprint density at radius 1 is 1.30 bits per heavy atom. The standard InChI is InChI=1S/C9H18N2O4.CH4O3S/c1-5(12)6(7(10)13)11-8(14)15-9(2,3)4;1-5(2,3)4/h5-6,12H,1-4H3,(H2,10,13)(H,11,14);1H3,(H,2,3,4)/t5-,6+;/m1./s1. The van der Waals surface area contributed by atoms with E-state index in [0.717, 1.165) is 0 Å². The van der Waals surface area contributed by atoms with Gasteiger partial charge in [-0.15, -0.1) is 0 Å². The van der Waals surface area contributed by atoms with Gasteiger partial charge in [0.15, 0.2) is 0 Å². The minimum Gasteiger partial charge on any atom is -0.444 e. The first-order valence-corrected chi connectivity index (χ1v) is 7.37. The molecule has 0 aromatic carbocycles. The lowest BCUT2D eigenvalue weighted by molar-refractivity contribution is -0.122. The molecule has 0 aliphatic rings. The fourth-order valence-corrected chi connectivity index (χ4v) is 0.864. The molecule has 2 atom stereocenters. The minimum atomic E-state index is -3.67. The molecule has 0 radical (unpaired) electrons. The van der Waals surface area contributed by atoms with Crippen molar-refractivity contribution in [3.05, 3.63) is 0 Å². The highest BCUT2D eigenvalue weighted by molar-refractivity contribution is 7.85. The summed E-state index contributed by atoms with van der Waals surface area (Å²) in [6.07, 6.45) is -1.13. The van der Waals surface area contributed by atoms with E-state index in [0.29, 0.717) is 6.26 Å². The second-order valence-corrected chi connectivity index (χ2v) is 6.47. The Balaban J connectivity index is 0. The van der Waals surface area contributed by atoms with Crippen LogP contribution in [0.1, 0.15) is 27.7 Å². The largest absolute Gasteiger partial charge is 0.444 e. The molecule has 0 saturated heterocycles. The maximum absolute atomic E-state index is 11.2. The Labute approximate surface area is 118 Å². The van der Waals surface area contributed by atoms with Crippen LogP contribution in [0.3, 0.4) is 0 Å². The van der Waals surface area contributed by atoms with Crippen molar-refractivity contribution < 1.29 is 32.4 Å². The summed E-state index contributed by atoms with van der Waals surface area (Å²) in [6.45, 7) is 6.42. The van der Waals surface area contributed by atoms with Crippen LogP contribution in [0.5, 0.6) is 0 Å². The number of nitrogens with two attached hydrogens (primary N) is 1. The van der Waals surface area contributed by atoms with Crippen molar-refractivity contribution in [3.63, 3.8) is 0 Å². The number of rotatable bonds is 3. The summed E-state index contributed by atoms with van der Waals surface area (Å²) in [7, 11) is -3.67. The van der Waals surface area contributed by atoms with E-state index in [9.17, 15) is 18.0 Å². The van der Waals surface area contributed by atoms with E-state index < -0.39 is 39.9 Å². The average Bonchev–Trinajstić information content (AvgIpc) is 2.07. The van der Waals surface area contributed by atoms with E-state index in [1.165, 1.54) is 6.92 Å². The smallest absolute Gasteiger partial charge is 0.408 e. The van der Waals surface area contributed by atoms with Crippen LogP contribution >= 0.6 is 0 Å². The lowest BCUT2D eigenvalue weighted by atomic mass is 10.2. The van der Waals surface area contributed by atoms with Crippen molar-refractivity contribution in [2.75, 3.05) is 6.26 Å². The van der Waals surface area contributed by atoms with Crippen LogP contribution in [-0.4, -0.2) is 54.1 Å². The molecule has 0 spiro atoms. The Morgan fingerprint density at radius 2 is 1.65 bits per heavy atom. The molecule has 0 aromatic rings. The Morgan fingerprint density at radius 3 is 1.85 bits per heavy atom. The number of aliphatic hydroxyl groups is 1. The SMILES string of the molecule is CS(=O)(=O)O.C[C@@H](O)[C@H](NC(=O)OC(C)(C)C)C(N)=O. The quantitative estimate of drug-likeness (QED) is 0.499. The molecule has 5 N–H and O–H groups in total. The molecule has 0 fully saturated rings. The van der Waals surface area contributed by atoms with E-state index in [2.05, 4.69) is 5.32 Å².